The summed E-state index contributed by atoms with van der Waals surface area (Å²) >= 11 is 0. The number of hydrogen-bond donors (Lipinski definition) is 1. The molecule has 1 atom stereocenters. The molecule has 0 bridgehead atoms. The Balaban J connectivity index is 3.19. The second-order valence-corrected chi connectivity index (χ2v) is 4.89. The van der Waals surface area contributed by atoms with Crippen molar-refractivity contribution in [1.29, 1.82) is 15.8 Å². The van der Waals surface area contributed by atoms with Crippen molar-refractivity contribution in [3.63, 3.8) is 0 Å². The van der Waals surface area contributed by atoms with Crippen molar-refractivity contribution in [3.8, 4) is 18.2 Å². The lowest BCUT2D eigenvalue weighted by atomic mass is 9.97. The van der Waals surface area contributed by atoms with Gasteiger partial charge in [0.25, 0.3) is 0 Å². The first-order chi connectivity index (χ1) is 10.4. The van der Waals surface area contributed by atoms with Gasteiger partial charge in [-0.25, -0.2) is 0 Å². The smallest absolute Gasteiger partial charge is 0.304 e. The third-order valence-corrected chi connectivity index (χ3v) is 3.11. The second-order valence-electron chi connectivity index (χ2n) is 4.89. The van der Waals surface area contributed by atoms with Crippen molar-refractivity contribution in [2.24, 2.45) is 10.9 Å². The fourth-order valence-electron chi connectivity index (χ4n) is 1.97. The number of ether oxygens (including phenoxy) is 1. The molecule has 0 aromatic carbocycles. The van der Waals surface area contributed by atoms with Gasteiger partial charge in [-0.05, 0) is 19.8 Å². The highest BCUT2D eigenvalue weighted by Gasteiger charge is 2.47. The van der Waals surface area contributed by atoms with E-state index in [0.717, 1.165) is 25.0 Å². The maximum atomic E-state index is 9.16. The van der Waals surface area contributed by atoms with E-state index in [1.807, 2.05) is 6.07 Å². The zero-order valence-electron chi connectivity index (χ0n) is 12.8. The minimum Gasteiger partial charge on any atom is -0.430 e. The number of rotatable bonds is 5. The molecular formula is C15H17N5O2. The molecule has 0 saturated carbocycles. The molecule has 7 nitrogen and oxygen atoms in total. The van der Waals surface area contributed by atoms with Gasteiger partial charge < -0.3 is 15.3 Å². The predicted octanol–water partition coefficient (Wildman–Crippen LogP) is 2.35. The fourth-order valence-corrected chi connectivity index (χ4v) is 1.97. The van der Waals surface area contributed by atoms with Gasteiger partial charge in [0, 0.05) is 6.92 Å². The molecule has 0 aromatic heterocycles. The van der Waals surface area contributed by atoms with Gasteiger partial charge in [0.05, 0.1) is 11.3 Å². The first-order valence-corrected chi connectivity index (χ1v) is 6.79. The summed E-state index contributed by atoms with van der Waals surface area (Å²) in [7, 11) is 0. The van der Waals surface area contributed by atoms with Crippen molar-refractivity contribution >= 4 is 5.71 Å². The molecule has 1 aliphatic heterocycles. The van der Waals surface area contributed by atoms with E-state index in [0.29, 0.717) is 0 Å². The molecule has 1 aliphatic rings. The summed E-state index contributed by atoms with van der Waals surface area (Å²) in [6.45, 7) is 5.33. The van der Waals surface area contributed by atoms with Crippen LogP contribution in [0.2, 0.25) is 0 Å². The Kier molecular flexibility index (Phi) is 5.55. The summed E-state index contributed by atoms with van der Waals surface area (Å²) < 4.78 is 5.35. The third-order valence-electron chi connectivity index (χ3n) is 3.11. The second kappa shape index (κ2) is 7.15. The van der Waals surface area contributed by atoms with E-state index in [-0.39, 0.29) is 22.6 Å². The molecule has 0 amide bonds. The van der Waals surface area contributed by atoms with Crippen molar-refractivity contribution in [3.05, 3.63) is 22.6 Å². The van der Waals surface area contributed by atoms with Crippen LogP contribution in [-0.2, 0) is 9.57 Å². The van der Waals surface area contributed by atoms with E-state index in [9.17, 15) is 0 Å². The van der Waals surface area contributed by atoms with Crippen LogP contribution in [0.5, 0.6) is 0 Å². The SMILES string of the molecule is CCCC/C(C)=N/OC1(C)OC(N)=C(C#N)C1=C(C#N)C#N. The number of nitrogens with two attached hydrogens (primary N) is 1. The Morgan fingerprint density at radius 3 is 2.50 bits per heavy atom. The number of nitriles is 3. The largest absolute Gasteiger partial charge is 0.430 e. The van der Waals surface area contributed by atoms with Gasteiger partial charge >= 0.3 is 5.79 Å². The van der Waals surface area contributed by atoms with Crippen LogP contribution in [-0.4, -0.2) is 11.5 Å². The Hall–Kier alpha value is -2.98. The lowest BCUT2D eigenvalue weighted by Gasteiger charge is -2.23. The predicted molar refractivity (Wildman–Crippen MR) is 78.3 cm³/mol. The van der Waals surface area contributed by atoms with Gasteiger partial charge in [0.15, 0.2) is 0 Å². The third kappa shape index (κ3) is 3.37. The van der Waals surface area contributed by atoms with Gasteiger partial charge in [0.1, 0.15) is 29.4 Å². The van der Waals surface area contributed by atoms with Gasteiger partial charge in [-0.2, -0.15) is 15.8 Å². The zero-order chi connectivity index (χ0) is 16.8. The quantitative estimate of drug-likeness (QED) is 0.471. The maximum absolute atomic E-state index is 9.16. The first kappa shape index (κ1) is 17.1. The fraction of sp³-hybridized carbons (Fsp3) is 0.467. The van der Waals surface area contributed by atoms with Crippen LogP contribution >= 0.6 is 0 Å². The molecule has 0 saturated heterocycles. The highest BCUT2D eigenvalue weighted by atomic mass is 16.8. The van der Waals surface area contributed by atoms with Crippen molar-refractivity contribution in [2.45, 2.75) is 45.8 Å². The van der Waals surface area contributed by atoms with E-state index < -0.39 is 5.79 Å². The lowest BCUT2D eigenvalue weighted by molar-refractivity contribution is -0.165. The normalized spacial score (nSPS) is 20.7. The van der Waals surface area contributed by atoms with Crippen LogP contribution in [0.3, 0.4) is 0 Å². The summed E-state index contributed by atoms with van der Waals surface area (Å²) in [5, 5.41) is 31.3. The Morgan fingerprint density at radius 2 is 2.00 bits per heavy atom. The highest BCUT2D eigenvalue weighted by molar-refractivity contribution is 5.81. The number of oxime groups is 1. The molecule has 2 N–H and O–H groups in total. The minimum absolute atomic E-state index is 0.00421. The van der Waals surface area contributed by atoms with E-state index in [1.54, 1.807) is 19.1 Å². The molecule has 1 unspecified atom stereocenters. The highest BCUT2D eigenvalue weighted by Crippen LogP contribution is 2.40. The van der Waals surface area contributed by atoms with Crippen molar-refractivity contribution in [2.75, 3.05) is 0 Å². The summed E-state index contributed by atoms with van der Waals surface area (Å²) in [5.41, 5.74) is 6.02. The monoisotopic (exact) mass is 299 g/mol. The van der Waals surface area contributed by atoms with Gasteiger partial charge in [-0.3, -0.25) is 0 Å². The molecular weight excluding hydrogens is 282 g/mol. The van der Waals surface area contributed by atoms with Gasteiger partial charge in [-0.1, -0.05) is 18.5 Å². The maximum Gasteiger partial charge on any atom is 0.304 e. The molecule has 0 radical (unpaired) electrons. The molecule has 0 spiro atoms. The molecule has 0 aromatic rings. The van der Waals surface area contributed by atoms with Crippen molar-refractivity contribution in [1.82, 2.24) is 0 Å². The van der Waals surface area contributed by atoms with E-state index in [1.165, 1.54) is 6.92 Å². The average molecular weight is 299 g/mol. The van der Waals surface area contributed by atoms with Crippen molar-refractivity contribution < 1.29 is 9.57 Å². The molecule has 22 heavy (non-hydrogen) atoms. The van der Waals surface area contributed by atoms with E-state index >= 15 is 0 Å². The Morgan fingerprint density at radius 1 is 1.36 bits per heavy atom. The van der Waals surface area contributed by atoms with E-state index in [2.05, 4.69) is 12.1 Å². The van der Waals surface area contributed by atoms with Gasteiger partial charge in [0.2, 0.25) is 5.88 Å². The summed E-state index contributed by atoms with van der Waals surface area (Å²) in [6, 6.07) is 5.28. The standard InChI is InChI=1S/C15H17N5O2/c1-4-5-6-10(2)20-22-15(3)13(11(7-16)8-17)12(9-18)14(19)21-15/h4-6,19H2,1-3H3/b20-10+. The number of unbranched alkanes of at least 4 members (excludes halogenated alkanes) is 1. The van der Waals surface area contributed by atoms with Crippen LogP contribution in [0.4, 0.5) is 0 Å². The number of nitrogens with zero attached hydrogens (tertiary/aromatic N) is 4. The van der Waals surface area contributed by atoms with E-state index in [4.69, 9.17) is 31.1 Å². The molecule has 0 aliphatic carbocycles. The van der Waals surface area contributed by atoms with Crippen LogP contribution < -0.4 is 5.73 Å². The molecule has 1 heterocycles. The first-order valence-electron chi connectivity index (χ1n) is 6.79. The molecule has 1 rings (SSSR count). The number of allylic oxidation sites excluding steroid dienone is 1. The minimum atomic E-state index is -1.57. The molecule has 0 fully saturated rings. The lowest BCUT2D eigenvalue weighted by Crippen LogP contribution is -2.30. The molecule has 114 valence electrons. The van der Waals surface area contributed by atoms with Gasteiger partial charge in [-0.15, -0.1) is 0 Å². The zero-order valence-corrected chi connectivity index (χ0v) is 12.8. The molecule has 7 heteroatoms. The van der Waals surface area contributed by atoms with Crippen LogP contribution in [0.25, 0.3) is 0 Å². The summed E-state index contributed by atoms with van der Waals surface area (Å²) in [5.74, 6) is -1.76. The van der Waals surface area contributed by atoms with Crippen LogP contribution in [0.1, 0.15) is 40.0 Å². The Labute approximate surface area is 129 Å². The topological polar surface area (TPSA) is 128 Å². The number of hydrogen-bond acceptors (Lipinski definition) is 7. The average Bonchev–Trinajstić information content (AvgIpc) is 2.75. The Bertz CT molecular complexity index is 654. The van der Waals surface area contributed by atoms with Crippen LogP contribution in [0.15, 0.2) is 27.8 Å². The summed E-state index contributed by atoms with van der Waals surface area (Å²) in [4.78, 5) is 5.38. The van der Waals surface area contributed by atoms with Crippen LogP contribution in [0, 0.1) is 34.0 Å². The summed E-state index contributed by atoms with van der Waals surface area (Å²) in [6.07, 6.45) is 2.74.